The molecule has 3 N–H and O–H groups in total. The number of nitrogens with one attached hydrogen (secondary N) is 1. The summed E-state index contributed by atoms with van der Waals surface area (Å²) in [5.41, 5.74) is 4.96. The van der Waals surface area contributed by atoms with Crippen molar-refractivity contribution >= 4 is 28.2 Å². The minimum Gasteiger partial charge on any atom is -0.483 e. The lowest BCUT2D eigenvalue weighted by atomic mass is 10.1. The lowest BCUT2D eigenvalue weighted by molar-refractivity contribution is -0.120. The second-order valence-corrected chi connectivity index (χ2v) is 8.16. The highest BCUT2D eigenvalue weighted by molar-refractivity contribution is 5.97. The summed E-state index contributed by atoms with van der Waals surface area (Å²) in [6.07, 6.45) is 1.49. The van der Waals surface area contributed by atoms with Gasteiger partial charge in [-0.15, -0.1) is 0 Å². The monoisotopic (exact) mass is 438 g/mol. The van der Waals surface area contributed by atoms with Gasteiger partial charge in [0.1, 0.15) is 11.6 Å². The Morgan fingerprint density at radius 2 is 1.88 bits per heavy atom. The lowest BCUT2D eigenvalue weighted by Gasteiger charge is -2.25. The molecule has 0 fully saturated rings. The van der Waals surface area contributed by atoms with Crippen molar-refractivity contribution in [2.75, 3.05) is 23.8 Å². The van der Waals surface area contributed by atoms with Crippen molar-refractivity contribution in [2.45, 2.75) is 40.2 Å². The number of nitrogens with two attached hydrogens (primary N) is 1. The summed E-state index contributed by atoms with van der Waals surface area (Å²) in [4.78, 5) is 41.8. The van der Waals surface area contributed by atoms with Crippen LogP contribution in [0, 0.1) is 5.92 Å². The number of aromatic amines is 1. The summed E-state index contributed by atoms with van der Waals surface area (Å²) >= 11 is 0. The van der Waals surface area contributed by atoms with Gasteiger partial charge in [-0.25, -0.2) is 4.79 Å². The quantitative estimate of drug-likeness (QED) is 0.533. The molecule has 8 nitrogen and oxygen atoms in total. The number of fused-ring (bicyclic) bond motifs is 1. The zero-order chi connectivity index (χ0) is 23.3. The number of nitrogen functional groups attached to an aromatic ring is 1. The molecule has 0 saturated carbocycles. The Kier molecular flexibility index (Phi) is 7.35. The van der Waals surface area contributed by atoms with Gasteiger partial charge in [-0.2, -0.15) is 0 Å². The van der Waals surface area contributed by atoms with Crippen LogP contribution in [0.4, 0.5) is 11.5 Å². The van der Waals surface area contributed by atoms with E-state index >= 15 is 0 Å². The summed E-state index contributed by atoms with van der Waals surface area (Å²) in [7, 11) is 0. The average Bonchev–Trinajstić information content (AvgIpc) is 2.76. The molecule has 32 heavy (non-hydrogen) atoms. The lowest BCUT2D eigenvalue weighted by Crippen LogP contribution is -2.43. The highest BCUT2D eigenvalue weighted by atomic mass is 16.5. The Labute approximate surface area is 186 Å². The van der Waals surface area contributed by atoms with Gasteiger partial charge in [-0.05, 0) is 23.8 Å². The second kappa shape index (κ2) is 10.2. The maximum atomic E-state index is 13.2. The molecule has 0 aliphatic rings. The molecule has 1 amide bonds. The second-order valence-electron chi connectivity index (χ2n) is 8.16. The third-order valence-corrected chi connectivity index (χ3v) is 5.17. The third kappa shape index (κ3) is 5.01. The van der Waals surface area contributed by atoms with Gasteiger partial charge in [0, 0.05) is 18.5 Å². The predicted octanol–water partition coefficient (Wildman–Crippen LogP) is 3.14. The fourth-order valence-corrected chi connectivity index (χ4v) is 3.60. The Hall–Kier alpha value is -3.55. The summed E-state index contributed by atoms with van der Waals surface area (Å²) < 4.78 is 7.15. The number of hydrogen-bond donors (Lipinski definition) is 2. The number of rotatable bonds is 9. The smallest absolute Gasteiger partial charge is 0.330 e. The highest BCUT2D eigenvalue weighted by Gasteiger charge is 2.24. The first kappa shape index (κ1) is 23.1. The topological polar surface area (TPSA) is 110 Å². The van der Waals surface area contributed by atoms with Crippen molar-refractivity contribution < 1.29 is 9.53 Å². The van der Waals surface area contributed by atoms with Gasteiger partial charge in [-0.1, -0.05) is 63.6 Å². The zero-order valence-corrected chi connectivity index (χ0v) is 18.8. The number of aromatic nitrogens is 2. The first-order valence-electron chi connectivity index (χ1n) is 10.9. The average molecular weight is 439 g/mol. The molecule has 3 rings (SSSR count). The molecular weight excluding hydrogens is 408 g/mol. The Bertz CT molecular complexity index is 1210. The Balaban J connectivity index is 1.93. The predicted molar refractivity (Wildman–Crippen MR) is 127 cm³/mol. The van der Waals surface area contributed by atoms with Gasteiger partial charge in [0.15, 0.2) is 12.3 Å². The van der Waals surface area contributed by atoms with E-state index in [9.17, 15) is 14.4 Å². The van der Waals surface area contributed by atoms with E-state index in [1.807, 2.05) is 57.2 Å². The minimum atomic E-state index is -0.679. The van der Waals surface area contributed by atoms with Gasteiger partial charge in [0.05, 0.1) is 0 Å². The molecule has 0 saturated heterocycles. The number of benzene rings is 2. The molecule has 1 aromatic heterocycles. The van der Waals surface area contributed by atoms with Gasteiger partial charge in [0.2, 0.25) is 0 Å². The normalized spacial score (nSPS) is 11.1. The molecule has 0 unspecified atom stereocenters. The number of anilines is 2. The molecule has 1 heterocycles. The fraction of sp³-hybridized carbons (Fsp3) is 0.375. The fourth-order valence-electron chi connectivity index (χ4n) is 3.60. The van der Waals surface area contributed by atoms with Gasteiger partial charge in [0.25, 0.3) is 11.5 Å². The first-order valence-corrected chi connectivity index (χ1v) is 10.9. The van der Waals surface area contributed by atoms with Gasteiger partial charge >= 0.3 is 5.69 Å². The van der Waals surface area contributed by atoms with Crippen LogP contribution in [-0.2, 0) is 11.3 Å². The number of unbranched alkanes of at least 4 members (excludes halogenated alkanes) is 1. The molecule has 0 spiro atoms. The largest absolute Gasteiger partial charge is 0.483 e. The molecule has 2 aromatic carbocycles. The van der Waals surface area contributed by atoms with E-state index in [1.165, 1.54) is 9.47 Å². The molecule has 0 aliphatic heterocycles. The van der Waals surface area contributed by atoms with Crippen LogP contribution in [0.5, 0.6) is 5.75 Å². The summed E-state index contributed by atoms with van der Waals surface area (Å²) in [5.74, 6) is 0.294. The van der Waals surface area contributed by atoms with Crippen molar-refractivity contribution in [1.82, 2.24) is 9.55 Å². The number of carbonyl (C=O) groups is 1. The summed E-state index contributed by atoms with van der Waals surface area (Å²) in [6, 6.07) is 13.4. The van der Waals surface area contributed by atoms with E-state index < -0.39 is 17.2 Å². The number of hydrogen-bond acceptors (Lipinski definition) is 5. The number of ether oxygens (including phenoxy) is 1. The van der Waals surface area contributed by atoms with E-state index in [1.54, 1.807) is 6.07 Å². The Morgan fingerprint density at radius 3 is 2.59 bits per heavy atom. The van der Waals surface area contributed by atoms with E-state index in [0.717, 1.165) is 17.2 Å². The molecule has 8 heteroatoms. The van der Waals surface area contributed by atoms with Crippen LogP contribution in [0.15, 0.2) is 52.1 Å². The number of H-pyrrole nitrogens is 1. The molecular formula is C24H30N4O4. The number of carbonyl (C=O) groups excluding carboxylic acids is 1. The third-order valence-electron chi connectivity index (χ3n) is 5.17. The maximum Gasteiger partial charge on any atom is 0.330 e. The van der Waals surface area contributed by atoms with E-state index in [0.29, 0.717) is 25.3 Å². The van der Waals surface area contributed by atoms with Crippen molar-refractivity contribution in [1.29, 1.82) is 0 Å². The molecule has 0 bridgehead atoms. The van der Waals surface area contributed by atoms with Crippen molar-refractivity contribution in [3.8, 4) is 5.75 Å². The molecule has 0 atom stereocenters. The molecule has 0 radical (unpaired) electrons. The zero-order valence-electron chi connectivity index (χ0n) is 18.8. The minimum absolute atomic E-state index is 0.00906. The van der Waals surface area contributed by atoms with Crippen LogP contribution in [0.25, 0.3) is 10.8 Å². The SMILES string of the molecule is CCCCN(C(=O)COc1cccc2ccccc12)c1c(N)n(CC(C)C)c(=O)[nH]c1=O. The van der Waals surface area contributed by atoms with Crippen LogP contribution in [0.1, 0.15) is 33.6 Å². The molecule has 170 valence electrons. The van der Waals surface area contributed by atoms with E-state index in [4.69, 9.17) is 10.5 Å². The number of nitrogens with zero attached hydrogens (tertiary/aromatic N) is 2. The van der Waals surface area contributed by atoms with Crippen LogP contribution >= 0.6 is 0 Å². The van der Waals surface area contributed by atoms with Gasteiger partial charge < -0.3 is 15.4 Å². The van der Waals surface area contributed by atoms with Crippen molar-refractivity contribution in [3.05, 3.63) is 63.3 Å². The van der Waals surface area contributed by atoms with Crippen LogP contribution in [0.3, 0.4) is 0 Å². The molecule has 0 aliphatic carbocycles. The van der Waals surface area contributed by atoms with Crippen LogP contribution in [0.2, 0.25) is 0 Å². The summed E-state index contributed by atoms with van der Waals surface area (Å²) in [6.45, 7) is 6.23. The highest BCUT2D eigenvalue weighted by Crippen LogP contribution is 2.25. The van der Waals surface area contributed by atoms with Crippen molar-refractivity contribution in [2.24, 2.45) is 5.92 Å². The molecule has 3 aromatic rings. The first-order chi connectivity index (χ1) is 15.3. The van der Waals surface area contributed by atoms with Crippen molar-refractivity contribution in [3.63, 3.8) is 0 Å². The number of amides is 1. The van der Waals surface area contributed by atoms with Crippen LogP contribution in [-0.4, -0.2) is 28.6 Å². The van der Waals surface area contributed by atoms with E-state index in [-0.39, 0.29) is 24.0 Å². The Morgan fingerprint density at radius 1 is 1.16 bits per heavy atom. The van der Waals surface area contributed by atoms with Crippen LogP contribution < -0.4 is 26.6 Å². The summed E-state index contributed by atoms with van der Waals surface area (Å²) in [5, 5.41) is 1.90. The van der Waals surface area contributed by atoms with E-state index in [2.05, 4.69) is 4.98 Å². The standard InChI is InChI=1S/C24H30N4O4/c1-4-5-13-27(21-22(25)28(14-16(2)3)24(31)26-23(21)30)20(29)15-32-19-12-8-10-17-9-6-7-11-18(17)19/h6-12,16H,4-5,13-15,25H2,1-3H3,(H,26,30,31). The van der Waals surface area contributed by atoms with Gasteiger partial charge in [-0.3, -0.25) is 19.1 Å². The maximum absolute atomic E-state index is 13.2.